The van der Waals surface area contributed by atoms with E-state index in [9.17, 15) is 10.1 Å². The Balaban J connectivity index is 1.39. The first-order valence-electron chi connectivity index (χ1n) is 9.90. The van der Waals surface area contributed by atoms with Crippen LogP contribution in [0, 0.1) is 11.3 Å². The lowest BCUT2D eigenvalue weighted by Crippen LogP contribution is -2.23. The second-order valence-corrected chi connectivity index (χ2v) is 7.39. The molecule has 0 spiro atoms. The molecule has 152 valence electrons. The molecule has 0 atom stereocenters. The van der Waals surface area contributed by atoms with Crippen LogP contribution in [0.4, 0.5) is 0 Å². The fourth-order valence-electron chi connectivity index (χ4n) is 3.92. The molecule has 5 rings (SSSR count). The van der Waals surface area contributed by atoms with Gasteiger partial charge in [-0.05, 0) is 47.5 Å². The van der Waals surface area contributed by atoms with Gasteiger partial charge in [0.25, 0.3) is 5.91 Å². The number of rotatable bonds is 4. The minimum Gasteiger partial charge on any atom is -0.454 e. The van der Waals surface area contributed by atoms with Gasteiger partial charge in [0.2, 0.25) is 6.79 Å². The van der Waals surface area contributed by atoms with Crippen LogP contribution in [-0.4, -0.2) is 17.3 Å². The summed E-state index contributed by atoms with van der Waals surface area (Å²) in [6.45, 7) is 0.490. The third kappa shape index (κ3) is 3.36. The standard InChI is InChI=1S/C25H19N3O3/c1-28-21-5-3-2-4-19(21)20-11-16(6-8-22(20)28)10-18(13-26)25(29)27-14-17-7-9-23-24(12-17)31-15-30-23/h2-12H,14-15H2,1H3,(H,27,29)/b18-10+. The lowest BCUT2D eigenvalue weighted by atomic mass is 10.1. The quantitative estimate of drug-likeness (QED) is 0.403. The molecule has 0 saturated carbocycles. The van der Waals surface area contributed by atoms with Gasteiger partial charge in [0.1, 0.15) is 11.6 Å². The number of aryl methyl sites for hydroxylation is 1. The molecule has 6 nitrogen and oxygen atoms in total. The summed E-state index contributed by atoms with van der Waals surface area (Å²) in [5.74, 6) is 0.931. The Labute approximate surface area is 178 Å². The molecule has 1 amide bonds. The molecule has 1 N–H and O–H groups in total. The number of nitrogens with one attached hydrogen (secondary N) is 1. The van der Waals surface area contributed by atoms with Crippen LogP contribution in [-0.2, 0) is 18.4 Å². The van der Waals surface area contributed by atoms with Crippen LogP contribution in [0.2, 0.25) is 0 Å². The molecule has 3 aromatic carbocycles. The van der Waals surface area contributed by atoms with Crippen molar-refractivity contribution in [1.82, 2.24) is 9.88 Å². The van der Waals surface area contributed by atoms with Gasteiger partial charge < -0.3 is 19.4 Å². The largest absolute Gasteiger partial charge is 0.454 e. The van der Waals surface area contributed by atoms with E-state index in [1.165, 1.54) is 0 Å². The summed E-state index contributed by atoms with van der Waals surface area (Å²) in [7, 11) is 2.03. The number of hydrogen-bond donors (Lipinski definition) is 1. The first-order valence-corrected chi connectivity index (χ1v) is 9.90. The van der Waals surface area contributed by atoms with Crippen LogP contribution in [0.5, 0.6) is 11.5 Å². The number of aromatic nitrogens is 1. The van der Waals surface area contributed by atoms with E-state index in [-0.39, 0.29) is 18.9 Å². The maximum absolute atomic E-state index is 12.6. The number of para-hydroxylation sites is 1. The Hall–Kier alpha value is -4.24. The van der Waals surface area contributed by atoms with Crippen molar-refractivity contribution in [3.63, 3.8) is 0 Å². The SMILES string of the molecule is Cn1c2ccccc2c2cc(/C=C(\C#N)C(=O)NCc3ccc4c(c3)OCO4)ccc21. The van der Waals surface area contributed by atoms with E-state index in [0.717, 1.165) is 32.9 Å². The molecule has 6 heteroatoms. The summed E-state index contributed by atoms with van der Waals surface area (Å²) in [6, 6.07) is 21.6. The zero-order valence-corrected chi connectivity index (χ0v) is 16.9. The fraction of sp³-hybridized carbons (Fsp3) is 0.120. The van der Waals surface area contributed by atoms with Gasteiger partial charge in [-0.1, -0.05) is 30.3 Å². The van der Waals surface area contributed by atoms with E-state index in [1.807, 2.05) is 61.6 Å². The summed E-state index contributed by atoms with van der Waals surface area (Å²) in [4.78, 5) is 12.6. The Kier molecular flexibility index (Phi) is 4.57. The Morgan fingerprint density at radius 2 is 1.87 bits per heavy atom. The molecule has 1 aliphatic rings. The average Bonchev–Trinajstić information content (AvgIpc) is 3.38. The predicted octanol–water partition coefficient (Wildman–Crippen LogP) is 4.28. The molecule has 0 unspecified atom stereocenters. The van der Waals surface area contributed by atoms with Crippen LogP contribution in [0.15, 0.2) is 66.2 Å². The van der Waals surface area contributed by atoms with Gasteiger partial charge in [0, 0.05) is 35.4 Å². The lowest BCUT2D eigenvalue weighted by Gasteiger charge is -2.06. The zero-order chi connectivity index (χ0) is 21.4. The monoisotopic (exact) mass is 409 g/mol. The number of carbonyl (C=O) groups is 1. The Morgan fingerprint density at radius 3 is 2.74 bits per heavy atom. The van der Waals surface area contributed by atoms with E-state index in [1.54, 1.807) is 6.08 Å². The number of ether oxygens (including phenoxy) is 2. The van der Waals surface area contributed by atoms with Crippen molar-refractivity contribution in [2.75, 3.05) is 6.79 Å². The van der Waals surface area contributed by atoms with Crippen LogP contribution in [0.1, 0.15) is 11.1 Å². The highest BCUT2D eigenvalue weighted by Gasteiger charge is 2.15. The van der Waals surface area contributed by atoms with Gasteiger partial charge in [-0.15, -0.1) is 0 Å². The summed E-state index contributed by atoms with van der Waals surface area (Å²) >= 11 is 0. The third-order valence-corrected chi connectivity index (χ3v) is 5.50. The van der Waals surface area contributed by atoms with Crippen LogP contribution >= 0.6 is 0 Å². The molecule has 1 aliphatic heterocycles. The molecule has 0 saturated heterocycles. The van der Waals surface area contributed by atoms with Gasteiger partial charge >= 0.3 is 0 Å². The molecule has 0 aliphatic carbocycles. The molecular weight excluding hydrogens is 390 g/mol. The fourth-order valence-corrected chi connectivity index (χ4v) is 3.92. The van der Waals surface area contributed by atoms with Gasteiger partial charge in [-0.3, -0.25) is 4.79 Å². The van der Waals surface area contributed by atoms with Crippen molar-refractivity contribution in [2.45, 2.75) is 6.54 Å². The Morgan fingerprint density at radius 1 is 1.06 bits per heavy atom. The molecular formula is C25H19N3O3. The summed E-state index contributed by atoms with van der Waals surface area (Å²) in [5, 5.41) is 14.6. The van der Waals surface area contributed by atoms with Crippen molar-refractivity contribution in [3.8, 4) is 17.6 Å². The summed E-state index contributed by atoms with van der Waals surface area (Å²) in [6.07, 6.45) is 1.62. The van der Waals surface area contributed by atoms with E-state index in [2.05, 4.69) is 22.0 Å². The van der Waals surface area contributed by atoms with Crippen LogP contribution < -0.4 is 14.8 Å². The lowest BCUT2D eigenvalue weighted by molar-refractivity contribution is -0.117. The van der Waals surface area contributed by atoms with Gasteiger partial charge in [-0.2, -0.15) is 5.26 Å². The zero-order valence-electron chi connectivity index (χ0n) is 16.9. The molecule has 0 fully saturated rings. The number of benzene rings is 3. The first kappa shape index (κ1) is 18.8. The van der Waals surface area contributed by atoms with Crippen LogP contribution in [0.3, 0.4) is 0 Å². The Bertz CT molecular complexity index is 1410. The number of carbonyl (C=O) groups excluding carboxylic acids is 1. The van der Waals surface area contributed by atoms with E-state index >= 15 is 0 Å². The number of hydrogen-bond acceptors (Lipinski definition) is 4. The minimum atomic E-state index is -0.418. The second kappa shape index (κ2) is 7.54. The smallest absolute Gasteiger partial charge is 0.262 e. The van der Waals surface area contributed by atoms with E-state index < -0.39 is 5.91 Å². The van der Waals surface area contributed by atoms with E-state index in [0.29, 0.717) is 11.5 Å². The molecule has 2 heterocycles. The van der Waals surface area contributed by atoms with Gasteiger partial charge in [0.05, 0.1) is 0 Å². The molecule has 0 radical (unpaired) electrons. The highest BCUT2D eigenvalue weighted by molar-refractivity contribution is 6.09. The number of nitrogens with zero attached hydrogens (tertiary/aromatic N) is 2. The second-order valence-electron chi connectivity index (χ2n) is 7.39. The van der Waals surface area contributed by atoms with Gasteiger partial charge in [-0.25, -0.2) is 0 Å². The first-order chi connectivity index (χ1) is 15.1. The highest BCUT2D eigenvalue weighted by atomic mass is 16.7. The summed E-state index contributed by atoms with van der Waals surface area (Å²) < 4.78 is 12.8. The third-order valence-electron chi connectivity index (χ3n) is 5.50. The number of fused-ring (bicyclic) bond motifs is 4. The molecule has 31 heavy (non-hydrogen) atoms. The predicted molar refractivity (Wildman–Crippen MR) is 118 cm³/mol. The minimum absolute atomic E-state index is 0.0559. The topological polar surface area (TPSA) is 76.3 Å². The maximum Gasteiger partial charge on any atom is 0.262 e. The normalized spacial score (nSPS) is 12.8. The van der Waals surface area contributed by atoms with E-state index in [4.69, 9.17) is 9.47 Å². The van der Waals surface area contributed by atoms with Crippen molar-refractivity contribution < 1.29 is 14.3 Å². The average molecular weight is 409 g/mol. The van der Waals surface area contributed by atoms with Crippen LogP contribution in [0.25, 0.3) is 27.9 Å². The maximum atomic E-state index is 12.6. The van der Waals surface area contributed by atoms with Crippen molar-refractivity contribution in [3.05, 3.63) is 77.4 Å². The summed E-state index contributed by atoms with van der Waals surface area (Å²) in [5.41, 5.74) is 3.97. The van der Waals surface area contributed by atoms with Gasteiger partial charge in [0.15, 0.2) is 11.5 Å². The number of nitriles is 1. The van der Waals surface area contributed by atoms with Crippen molar-refractivity contribution >= 4 is 33.8 Å². The van der Waals surface area contributed by atoms with Crippen molar-refractivity contribution in [2.24, 2.45) is 7.05 Å². The molecule has 4 aromatic rings. The highest BCUT2D eigenvalue weighted by Crippen LogP contribution is 2.32. The van der Waals surface area contributed by atoms with Crippen molar-refractivity contribution in [1.29, 1.82) is 5.26 Å². The number of amides is 1. The molecule has 0 bridgehead atoms. The molecule has 1 aromatic heterocycles.